The number of ether oxygens (including phenoxy) is 1. The van der Waals surface area contributed by atoms with Gasteiger partial charge in [0.25, 0.3) is 0 Å². The van der Waals surface area contributed by atoms with Gasteiger partial charge in [-0.3, -0.25) is 14.6 Å². The van der Waals surface area contributed by atoms with E-state index in [1.165, 1.54) is 4.90 Å². The molecule has 6 heteroatoms. The number of aryl methyl sites for hydroxylation is 1. The minimum Gasteiger partial charge on any atom is -0.492 e. The van der Waals surface area contributed by atoms with E-state index in [1.54, 1.807) is 12.1 Å². The quantitative estimate of drug-likeness (QED) is 0.609. The highest BCUT2D eigenvalue weighted by atomic mass is 16.5. The maximum Gasteiger partial charge on any atom is 0.244 e. The van der Waals surface area contributed by atoms with E-state index in [0.29, 0.717) is 35.1 Å². The normalized spacial score (nSPS) is 13.1. The van der Waals surface area contributed by atoms with Crippen LogP contribution in [0.25, 0.3) is 0 Å². The number of anilines is 2. The van der Waals surface area contributed by atoms with Crippen LogP contribution in [-0.2, 0) is 9.59 Å². The van der Waals surface area contributed by atoms with Crippen LogP contribution in [0, 0.1) is 6.92 Å². The van der Waals surface area contributed by atoms with Crippen LogP contribution in [0.3, 0.4) is 0 Å². The minimum absolute atomic E-state index is 0.112. The number of benzene rings is 3. The monoisotopic (exact) mass is 427 g/mol. The summed E-state index contributed by atoms with van der Waals surface area (Å²) < 4.78 is 5.58. The number of nitrogens with one attached hydrogen (secondary N) is 1. The highest BCUT2D eigenvalue weighted by Gasteiger charge is 2.26. The predicted molar refractivity (Wildman–Crippen MR) is 127 cm³/mol. The molecule has 0 saturated heterocycles. The fourth-order valence-electron chi connectivity index (χ4n) is 3.62. The van der Waals surface area contributed by atoms with E-state index < -0.39 is 0 Å². The van der Waals surface area contributed by atoms with Crippen LogP contribution in [0.4, 0.5) is 17.1 Å². The van der Waals surface area contributed by atoms with Crippen molar-refractivity contribution >= 4 is 34.6 Å². The minimum atomic E-state index is -0.306. The molecule has 0 unspecified atom stereocenters. The van der Waals surface area contributed by atoms with E-state index in [9.17, 15) is 9.59 Å². The van der Waals surface area contributed by atoms with Crippen molar-refractivity contribution in [1.29, 1.82) is 0 Å². The van der Waals surface area contributed by atoms with E-state index in [1.807, 2.05) is 74.5 Å². The summed E-state index contributed by atoms with van der Waals surface area (Å²) in [5, 5.41) is 2.87. The van der Waals surface area contributed by atoms with Crippen LogP contribution in [0.2, 0.25) is 0 Å². The summed E-state index contributed by atoms with van der Waals surface area (Å²) in [6, 6.07) is 22.6. The van der Waals surface area contributed by atoms with Crippen molar-refractivity contribution < 1.29 is 14.3 Å². The Balaban J connectivity index is 1.59. The van der Waals surface area contributed by atoms with E-state index in [0.717, 1.165) is 11.1 Å². The lowest BCUT2D eigenvalue weighted by atomic mass is 10.1. The van der Waals surface area contributed by atoms with Crippen molar-refractivity contribution in [3.63, 3.8) is 0 Å². The van der Waals surface area contributed by atoms with Crippen LogP contribution in [-0.4, -0.2) is 30.7 Å². The number of hydrogen-bond donors (Lipinski definition) is 1. The summed E-state index contributed by atoms with van der Waals surface area (Å²) in [6.45, 7) is 4.28. The van der Waals surface area contributed by atoms with Gasteiger partial charge in [-0.1, -0.05) is 54.1 Å². The number of hydrogen-bond acceptors (Lipinski definition) is 4. The molecule has 1 N–H and O–H groups in total. The number of carbonyl (C=O) groups excluding carboxylic acids is 2. The van der Waals surface area contributed by atoms with Crippen molar-refractivity contribution in [2.45, 2.75) is 20.3 Å². The van der Waals surface area contributed by atoms with Gasteiger partial charge in [0, 0.05) is 0 Å². The molecule has 4 rings (SSSR count). The second-order valence-electron chi connectivity index (χ2n) is 7.55. The molecule has 162 valence electrons. The van der Waals surface area contributed by atoms with Crippen LogP contribution in [0.15, 0.2) is 77.8 Å². The molecule has 6 nitrogen and oxygen atoms in total. The summed E-state index contributed by atoms with van der Waals surface area (Å²) in [5.41, 5.74) is 4.58. The average Bonchev–Trinajstić information content (AvgIpc) is 2.92. The van der Waals surface area contributed by atoms with E-state index in [4.69, 9.17) is 9.73 Å². The van der Waals surface area contributed by atoms with Crippen molar-refractivity contribution in [2.24, 2.45) is 4.99 Å². The molecule has 0 atom stereocenters. The number of nitrogens with zero attached hydrogens (tertiary/aromatic N) is 2. The van der Waals surface area contributed by atoms with Gasteiger partial charge in [-0.15, -0.1) is 0 Å². The standard InChI is InChI=1S/C26H25N3O3/c1-3-32-24-11-7-5-9-21(24)28-25(30)17-29-23-10-6-4-8-20(23)27-22(16-26(29)31)19-14-12-18(2)13-15-19/h4-15H,3,16-17H2,1-2H3,(H,28,30). The molecular weight excluding hydrogens is 402 g/mol. The fraction of sp³-hybridized carbons (Fsp3) is 0.192. The van der Waals surface area contributed by atoms with Crippen molar-refractivity contribution in [3.05, 3.63) is 83.9 Å². The van der Waals surface area contributed by atoms with E-state index in [2.05, 4.69) is 5.32 Å². The third kappa shape index (κ3) is 4.70. The maximum absolute atomic E-state index is 13.2. The van der Waals surface area contributed by atoms with Gasteiger partial charge in [0.15, 0.2) is 0 Å². The molecule has 3 aromatic rings. The summed E-state index contributed by atoms with van der Waals surface area (Å²) >= 11 is 0. The van der Waals surface area contributed by atoms with E-state index in [-0.39, 0.29) is 24.8 Å². The molecule has 0 aliphatic carbocycles. The topological polar surface area (TPSA) is 71.0 Å². The largest absolute Gasteiger partial charge is 0.492 e. The lowest BCUT2D eigenvalue weighted by molar-refractivity contribution is -0.120. The number of aliphatic imine (C=N–C) groups is 1. The first-order valence-corrected chi connectivity index (χ1v) is 10.6. The first kappa shape index (κ1) is 21.3. The molecule has 32 heavy (non-hydrogen) atoms. The molecule has 0 bridgehead atoms. The number of rotatable bonds is 6. The Morgan fingerprint density at radius 2 is 1.75 bits per heavy atom. The Morgan fingerprint density at radius 1 is 1.03 bits per heavy atom. The zero-order valence-corrected chi connectivity index (χ0v) is 18.2. The van der Waals surface area contributed by atoms with Gasteiger partial charge in [0.2, 0.25) is 11.8 Å². The SMILES string of the molecule is CCOc1ccccc1NC(=O)CN1C(=O)CC(c2ccc(C)cc2)=Nc2ccccc21. The predicted octanol–water partition coefficient (Wildman–Crippen LogP) is 4.89. The third-order valence-corrected chi connectivity index (χ3v) is 5.20. The molecule has 0 aromatic heterocycles. The van der Waals surface area contributed by atoms with Gasteiger partial charge < -0.3 is 15.0 Å². The number of carbonyl (C=O) groups is 2. The van der Waals surface area contributed by atoms with Crippen LogP contribution in [0.5, 0.6) is 5.75 Å². The van der Waals surface area contributed by atoms with Gasteiger partial charge in [0.05, 0.1) is 35.8 Å². The molecule has 1 aliphatic heterocycles. The fourth-order valence-corrected chi connectivity index (χ4v) is 3.62. The Labute approximate surface area is 187 Å². The lowest BCUT2D eigenvalue weighted by Crippen LogP contribution is -2.38. The molecule has 0 fully saturated rings. The molecule has 0 saturated carbocycles. The second-order valence-corrected chi connectivity index (χ2v) is 7.55. The zero-order chi connectivity index (χ0) is 22.5. The highest BCUT2D eigenvalue weighted by Crippen LogP contribution is 2.33. The van der Waals surface area contributed by atoms with Gasteiger partial charge in [-0.2, -0.15) is 0 Å². The Morgan fingerprint density at radius 3 is 2.53 bits per heavy atom. The molecule has 2 amide bonds. The van der Waals surface area contributed by atoms with Gasteiger partial charge in [-0.05, 0) is 43.7 Å². The van der Waals surface area contributed by atoms with Crippen molar-refractivity contribution in [2.75, 3.05) is 23.4 Å². The highest BCUT2D eigenvalue weighted by molar-refractivity contribution is 6.19. The molecule has 3 aromatic carbocycles. The van der Waals surface area contributed by atoms with Crippen molar-refractivity contribution in [1.82, 2.24) is 0 Å². The lowest BCUT2D eigenvalue weighted by Gasteiger charge is -2.22. The maximum atomic E-state index is 13.2. The van der Waals surface area contributed by atoms with Gasteiger partial charge in [0.1, 0.15) is 12.3 Å². The Hall–Kier alpha value is -3.93. The summed E-state index contributed by atoms with van der Waals surface area (Å²) in [7, 11) is 0. The molecule has 1 aliphatic rings. The first-order valence-electron chi connectivity index (χ1n) is 10.6. The number of amides is 2. The van der Waals surface area contributed by atoms with Gasteiger partial charge in [-0.25, -0.2) is 0 Å². The Bertz CT molecular complexity index is 1170. The van der Waals surface area contributed by atoms with Crippen LogP contribution >= 0.6 is 0 Å². The van der Waals surface area contributed by atoms with Gasteiger partial charge >= 0.3 is 0 Å². The van der Waals surface area contributed by atoms with Crippen LogP contribution < -0.4 is 15.0 Å². The second kappa shape index (κ2) is 9.47. The smallest absolute Gasteiger partial charge is 0.244 e. The number of fused-ring (bicyclic) bond motifs is 1. The summed E-state index contributed by atoms with van der Waals surface area (Å²) in [5.74, 6) is 0.109. The summed E-state index contributed by atoms with van der Waals surface area (Å²) in [4.78, 5) is 32.4. The first-order chi connectivity index (χ1) is 15.5. The Kier molecular flexibility index (Phi) is 6.31. The van der Waals surface area contributed by atoms with Crippen molar-refractivity contribution in [3.8, 4) is 5.75 Å². The third-order valence-electron chi connectivity index (χ3n) is 5.20. The van der Waals surface area contributed by atoms with E-state index >= 15 is 0 Å². The zero-order valence-electron chi connectivity index (χ0n) is 18.2. The molecule has 1 heterocycles. The molecule has 0 radical (unpaired) electrons. The molecular formula is C26H25N3O3. The summed E-state index contributed by atoms with van der Waals surface area (Å²) in [6.07, 6.45) is 0.112. The molecule has 0 spiro atoms. The van der Waals surface area contributed by atoms with Crippen LogP contribution in [0.1, 0.15) is 24.5 Å². The average molecular weight is 428 g/mol. The number of para-hydroxylation sites is 4.